The number of benzene rings is 3. The Kier molecular flexibility index (Phi) is 5.26. The van der Waals surface area contributed by atoms with Crippen LogP contribution < -0.4 is 14.4 Å². The number of carbonyl (C=O) groups excluding carboxylic acids is 1. The third-order valence-electron chi connectivity index (χ3n) is 4.84. The molecule has 3 aromatic rings. The summed E-state index contributed by atoms with van der Waals surface area (Å²) in [4.78, 5) is 12.5. The van der Waals surface area contributed by atoms with Gasteiger partial charge in [0.1, 0.15) is 18.9 Å². The van der Waals surface area contributed by atoms with E-state index < -0.39 is 34.2 Å². The van der Waals surface area contributed by atoms with Crippen LogP contribution in [-0.2, 0) is 21.0 Å². The Morgan fingerprint density at radius 2 is 1.68 bits per heavy atom. The maximum atomic E-state index is 12.9. The summed E-state index contributed by atoms with van der Waals surface area (Å²) in [5.74, 6) is -0.295. The molecule has 10 heteroatoms. The van der Waals surface area contributed by atoms with E-state index in [1.807, 2.05) is 0 Å². The number of rotatable bonds is 6. The third-order valence-corrected chi connectivity index (χ3v) is 6.65. The van der Waals surface area contributed by atoms with Crippen molar-refractivity contribution in [3.8, 4) is 5.75 Å². The minimum Gasteiger partial charge on any atom is -0.492 e. The first kappa shape index (κ1) is 21.0. The van der Waals surface area contributed by atoms with Crippen LogP contribution in [0.2, 0.25) is 0 Å². The van der Waals surface area contributed by atoms with Crippen molar-refractivity contribution in [3.63, 3.8) is 0 Å². The monoisotopic (exact) mass is 450 g/mol. The number of halogens is 3. The number of nitrogens with one attached hydrogen (secondary N) is 1. The van der Waals surface area contributed by atoms with E-state index in [4.69, 9.17) is 4.74 Å². The Hall–Kier alpha value is -3.27. The van der Waals surface area contributed by atoms with Crippen LogP contribution in [0.25, 0.3) is 10.8 Å². The molecule has 0 atom stereocenters. The number of anilines is 1. The molecule has 1 amide bonds. The molecule has 0 aromatic heterocycles. The molecule has 6 nitrogen and oxygen atoms in total. The summed E-state index contributed by atoms with van der Waals surface area (Å²) in [6.45, 7) is -0.318. The van der Waals surface area contributed by atoms with Gasteiger partial charge in [0.25, 0.3) is 10.0 Å². The van der Waals surface area contributed by atoms with E-state index in [0.29, 0.717) is 11.1 Å². The molecule has 31 heavy (non-hydrogen) atoms. The summed E-state index contributed by atoms with van der Waals surface area (Å²) in [6, 6.07) is 14.4. The van der Waals surface area contributed by atoms with Crippen LogP contribution in [0.4, 0.5) is 18.9 Å². The van der Waals surface area contributed by atoms with Gasteiger partial charge in [-0.3, -0.25) is 9.10 Å². The van der Waals surface area contributed by atoms with E-state index >= 15 is 0 Å². The maximum absolute atomic E-state index is 12.9. The molecule has 1 heterocycles. The van der Waals surface area contributed by atoms with Crippen molar-refractivity contribution in [2.45, 2.75) is 11.1 Å². The molecule has 1 N–H and O–H groups in total. The van der Waals surface area contributed by atoms with Crippen LogP contribution in [0.3, 0.4) is 0 Å². The van der Waals surface area contributed by atoms with E-state index in [-0.39, 0.29) is 23.8 Å². The fraction of sp³-hybridized carbons (Fsp3) is 0.190. The lowest BCUT2D eigenvalue weighted by molar-refractivity contribution is -0.137. The molecule has 3 aromatic carbocycles. The van der Waals surface area contributed by atoms with Gasteiger partial charge in [0.15, 0.2) is 0 Å². The van der Waals surface area contributed by atoms with Gasteiger partial charge in [-0.05, 0) is 41.8 Å². The molecular formula is C21H17F3N2O4S. The smallest absolute Gasteiger partial charge is 0.416 e. The fourth-order valence-electron chi connectivity index (χ4n) is 3.41. The van der Waals surface area contributed by atoms with Crippen LogP contribution in [0.15, 0.2) is 65.6 Å². The molecular weight excluding hydrogens is 433 g/mol. The van der Waals surface area contributed by atoms with Gasteiger partial charge in [-0.1, -0.05) is 24.3 Å². The lowest BCUT2D eigenvalue weighted by Crippen LogP contribution is -2.40. The standard InChI is InChI=1S/C21H17F3N2O4S/c22-21(23,24)15-7-9-16(10-8-15)30-12-11-25-19(27)13-26-17-5-1-3-14-4-2-6-18(20(14)17)31(26,28)29/h1-10H,11-13H2,(H,25,27). The maximum Gasteiger partial charge on any atom is 0.416 e. The quantitative estimate of drug-likeness (QED) is 0.583. The number of carbonyl (C=O) groups is 1. The van der Waals surface area contributed by atoms with Crippen LogP contribution in [0, 0.1) is 0 Å². The first-order valence-electron chi connectivity index (χ1n) is 9.29. The Bertz CT molecular complexity index is 1240. The molecule has 0 aliphatic carbocycles. The molecule has 0 bridgehead atoms. The molecule has 0 spiro atoms. The summed E-state index contributed by atoms with van der Waals surface area (Å²) in [5.41, 5.74) is -0.333. The van der Waals surface area contributed by atoms with Crippen molar-refractivity contribution in [2.75, 3.05) is 24.0 Å². The van der Waals surface area contributed by atoms with E-state index in [1.54, 1.807) is 30.3 Å². The number of sulfonamides is 1. The molecule has 0 saturated carbocycles. The van der Waals surface area contributed by atoms with Crippen molar-refractivity contribution in [1.29, 1.82) is 0 Å². The minimum atomic E-state index is -4.42. The van der Waals surface area contributed by atoms with Gasteiger partial charge >= 0.3 is 6.18 Å². The second-order valence-corrected chi connectivity index (χ2v) is 8.69. The zero-order valence-electron chi connectivity index (χ0n) is 16.0. The number of nitrogens with zero attached hydrogens (tertiary/aromatic N) is 1. The number of hydrogen-bond acceptors (Lipinski definition) is 4. The normalized spacial score (nSPS) is 14.6. The highest BCUT2D eigenvalue weighted by Crippen LogP contribution is 2.41. The molecule has 162 valence electrons. The van der Waals surface area contributed by atoms with E-state index in [9.17, 15) is 26.4 Å². The largest absolute Gasteiger partial charge is 0.492 e. The molecule has 4 rings (SSSR count). The molecule has 0 saturated heterocycles. The highest BCUT2D eigenvalue weighted by Gasteiger charge is 2.36. The number of alkyl halides is 3. The Balaban J connectivity index is 1.34. The van der Waals surface area contributed by atoms with E-state index in [2.05, 4.69) is 5.32 Å². The topological polar surface area (TPSA) is 75.7 Å². The molecule has 0 radical (unpaired) electrons. The highest BCUT2D eigenvalue weighted by molar-refractivity contribution is 7.93. The predicted octanol–water partition coefficient (Wildman–Crippen LogP) is 3.56. The van der Waals surface area contributed by atoms with Crippen molar-refractivity contribution in [1.82, 2.24) is 5.32 Å². The summed E-state index contributed by atoms with van der Waals surface area (Å²) >= 11 is 0. The van der Waals surface area contributed by atoms with Crippen LogP contribution >= 0.6 is 0 Å². The number of ether oxygens (including phenoxy) is 1. The fourth-order valence-corrected chi connectivity index (χ4v) is 5.08. The van der Waals surface area contributed by atoms with Gasteiger partial charge in [-0.2, -0.15) is 13.2 Å². The highest BCUT2D eigenvalue weighted by atomic mass is 32.2. The molecule has 0 fully saturated rings. The second-order valence-electron chi connectivity index (χ2n) is 6.86. The summed E-state index contributed by atoms with van der Waals surface area (Å²) in [6.07, 6.45) is -4.42. The van der Waals surface area contributed by atoms with Crippen LogP contribution in [0.5, 0.6) is 5.75 Å². The van der Waals surface area contributed by atoms with E-state index in [1.165, 1.54) is 18.2 Å². The third kappa shape index (κ3) is 4.02. The second kappa shape index (κ2) is 7.77. The van der Waals surface area contributed by atoms with Gasteiger partial charge in [0.2, 0.25) is 5.91 Å². The molecule has 1 aliphatic rings. The minimum absolute atomic E-state index is 0.0136. The molecule has 0 unspecified atom stereocenters. The summed E-state index contributed by atoms with van der Waals surface area (Å²) < 4.78 is 69.8. The number of amides is 1. The zero-order valence-corrected chi connectivity index (χ0v) is 16.8. The van der Waals surface area contributed by atoms with Gasteiger partial charge < -0.3 is 10.1 Å². The van der Waals surface area contributed by atoms with Gasteiger partial charge in [-0.25, -0.2) is 8.42 Å². The van der Waals surface area contributed by atoms with Gasteiger partial charge in [0.05, 0.1) is 22.7 Å². The summed E-state index contributed by atoms with van der Waals surface area (Å²) in [7, 11) is -3.83. The van der Waals surface area contributed by atoms with Crippen molar-refractivity contribution < 1.29 is 31.1 Å². The first-order valence-corrected chi connectivity index (χ1v) is 10.7. The van der Waals surface area contributed by atoms with Crippen molar-refractivity contribution in [3.05, 3.63) is 66.2 Å². The molecule has 1 aliphatic heterocycles. The van der Waals surface area contributed by atoms with Crippen LogP contribution in [-0.4, -0.2) is 34.0 Å². The van der Waals surface area contributed by atoms with Gasteiger partial charge in [-0.15, -0.1) is 0 Å². The predicted molar refractivity (Wildman–Crippen MR) is 108 cm³/mol. The number of hydrogen-bond donors (Lipinski definition) is 1. The van der Waals surface area contributed by atoms with Gasteiger partial charge in [0, 0.05) is 5.39 Å². The Labute approximate surface area is 176 Å². The zero-order chi connectivity index (χ0) is 22.2. The average molecular weight is 450 g/mol. The first-order chi connectivity index (χ1) is 14.7. The van der Waals surface area contributed by atoms with E-state index in [0.717, 1.165) is 21.8 Å². The summed E-state index contributed by atoms with van der Waals surface area (Å²) in [5, 5.41) is 3.92. The van der Waals surface area contributed by atoms with Crippen molar-refractivity contribution >= 4 is 32.4 Å². The lowest BCUT2D eigenvalue weighted by Gasteiger charge is -2.18. The Morgan fingerprint density at radius 1 is 1.00 bits per heavy atom. The SMILES string of the molecule is O=C(CN1c2cccc3cccc(c23)S1(=O)=O)NCCOc1ccc(C(F)(F)F)cc1. The Morgan fingerprint density at radius 3 is 2.35 bits per heavy atom. The average Bonchev–Trinajstić information content (AvgIpc) is 2.94. The van der Waals surface area contributed by atoms with Crippen LogP contribution in [0.1, 0.15) is 5.56 Å². The lowest BCUT2D eigenvalue weighted by atomic mass is 10.1. The van der Waals surface area contributed by atoms with Crippen molar-refractivity contribution in [2.24, 2.45) is 0 Å².